The SMILES string of the molecule is Clc1cccc(N=NCc2ccc(N3CCOCC3)s2)c1. The Morgan fingerprint density at radius 1 is 1.19 bits per heavy atom. The van der Waals surface area contributed by atoms with Crippen LogP contribution < -0.4 is 4.90 Å². The van der Waals surface area contributed by atoms with Crippen LogP contribution in [0, 0.1) is 0 Å². The number of thiophene rings is 1. The van der Waals surface area contributed by atoms with E-state index in [1.807, 2.05) is 18.2 Å². The largest absolute Gasteiger partial charge is 0.378 e. The van der Waals surface area contributed by atoms with Crippen molar-refractivity contribution in [3.8, 4) is 0 Å². The topological polar surface area (TPSA) is 37.2 Å². The van der Waals surface area contributed by atoms with Gasteiger partial charge < -0.3 is 9.64 Å². The number of azo groups is 1. The monoisotopic (exact) mass is 321 g/mol. The van der Waals surface area contributed by atoms with Crippen molar-refractivity contribution < 1.29 is 4.74 Å². The van der Waals surface area contributed by atoms with Crippen LogP contribution in [0.15, 0.2) is 46.6 Å². The van der Waals surface area contributed by atoms with Gasteiger partial charge in [0, 0.05) is 23.0 Å². The maximum absolute atomic E-state index is 5.91. The highest BCUT2D eigenvalue weighted by molar-refractivity contribution is 7.16. The van der Waals surface area contributed by atoms with E-state index in [1.165, 1.54) is 9.88 Å². The average Bonchev–Trinajstić information content (AvgIpc) is 2.97. The van der Waals surface area contributed by atoms with Gasteiger partial charge in [-0.25, -0.2) is 0 Å². The van der Waals surface area contributed by atoms with E-state index in [0.29, 0.717) is 11.6 Å². The molecule has 21 heavy (non-hydrogen) atoms. The number of morpholine rings is 1. The fraction of sp³-hybridized carbons (Fsp3) is 0.333. The van der Waals surface area contributed by atoms with Gasteiger partial charge in [0.2, 0.25) is 0 Å². The molecule has 0 spiro atoms. The van der Waals surface area contributed by atoms with Crippen molar-refractivity contribution >= 4 is 33.6 Å². The highest BCUT2D eigenvalue weighted by atomic mass is 35.5. The molecule has 1 fully saturated rings. The van der Waals surface area contributed by atoms with Gasteiger partial charge in [-0.3, -0.25) is 0 Å². The molecule has 1 aromatic heterocycles. The van der Waals surface area contributed by atoms with Crippen LogP contribution in [-0.4, -0.2) is 26.3 Å². The van der Waals surface area contributed by atoms with Crippen molar-refractivity contribution in [2.75, 3.05) is 31.2 Å². The minimum absolute atomic E-state index is 0.599. The molecule has 2 aromatic rings. The molecule has 1 aromatic carbocycles. The first kappa shape index (κ1) is 14.5. The molecule has 6 heteroatoms. The normalized spacial score (nSPS) is 15.8. The smallest absolute Gasteiger partial charge is 0.0946 e. The molecule has 1 aliphatic rings. The summed E-state index contributed by atoms with van der Waals surface area (Å²) in [5.74, 6) is 0. The third-order valence-corrected chi connectivity index (χ3v) is 4.56. The number of rotatable bonds is 4. The molecular formula is C15H16ClN3OS. The summed E-state index contributed by atoms with van der Waals surface area (Å²) in [6.07, 6.45) is 0. The van der Waals surface area contributed by atoms with E-state index in [-0.39, 0.29) is 0 Å². The van der Waals surface area contributed by atoms with Gasteiger partial charge in [-0.15, -0.1) is 11.3 Å². The van der Waals surface area contributed by atoms with Crippen LogP contribution in [0.1, 0.15) is 4.88 Å². The lowest BCUT2D eigenvalue weighted by molar-refractivity contribution is 0.123. The quantitative estimate of drug-likeness (QED) is 0.776. The number of benzene rings is 1. The summed E-state index contributed by atoms with van der Waals surface area (Å²) in [5.41, 5.74) is 0.785. The van der Waals surface area contributed by atoms with Gasteiger partial charge in [-0.2, -0.15) is 10.2 Å². The Morgan fingerprint density at radius 2 is 2.05 bits per heavy atom. The first-order chi connectivity index (χ1) is 10.3. The predicted octanol–water partition coefficient (Wildman–Crippen LogP) is 4.52. The second kappa shape index (κ2) is 7.02. The third kappa shape index (κ3) is 4.03. The van der Waals surface area contributed by atoms with E-state index < -0.39 is 0 Å². The molecule has 0 unspecified atom stereocenters. The summed E-state index contributed by atoms with van der Waals surface area (Å²) in [5, 5.41) is 10.4. The molecule has 4 nitrogen and oxygen atoms in total. The summed E-state index contributed by atoms with van der Waals surface area (Å²) in [6, 6.07) is 11.7. The number of hydrogen-bond acceptors (Lipinski definition) is 5. The molecule has 0 atom stereocenters. The highest BCUT2D eigenvalue weighted by Gasteiger charge is 2.12. The van der Waals surface area contributed by atoms with E-state index >= 15 is 0 Å². The predicted molar refractivity (Wildman–Crippen MR) is 87.0 cm³/mol. The minimum Gasteiger partial charge on any atom is -0.378 e. The summed E-state index contributed by atoms with van der Waals surface area (Å²) in [7, 11) is 0. The fourth-order valence-corrected chi connectivity index (χ4v) is 3.29. The standard InChI is InChI=1S/C15H16ClN3OS/c16-12-2-1-3-13(10-12)18-17-11-14-4-5-15(21-14)19-6-8-20-9-7-19/h1-5,10H,6-9,11H2. The van der Waals surface area contributed by atoms with Gasteiger partial charge in [-0.1, -0.05) is 17.7 Å². The minimum atomic E-state index is 0.599. The molecule has 3 rings (SSSR count). The summed E-state index contributed by atoms with van der Waals surface area (Å²) >= 11 is 7.68. The second-order valence-electron chi connectivity index (χ2n) is 4.72. The van der Waals surface area contributed by atoms with E-state index in [4.69, 9.17) is 16.3 Å². The number of halogens is 1. The van der Waals surface area contributed by atoms with Gasteiger partial charge in [0.15, 0.2) is 0 Å². The zero-order valence-electron chi connectivity index (χ0n) is 11.5. The molecule has 0 radical (unpaired) electrons. The Balaban J connectivity index is 1.59. The molecule has 0 bridgehead atoms. The zero-order chi connectivity index (χ0) is 14.5. The maximum Gasteiger partial charge on any atom is 0.0946 e. The molecule has 110 valence electrons. The number of nitrogens with zero attached hydrogens (tertiary/aromatic N) is 3. The van der Waals surface area contributed by atoms with Crippen LogP contribution in [0.5, 0.6) is 0 Å². The second-order valence-corrected chi connectivity index (χ2v) is 6.30. The highest BCUT2D eigenvalue weighted by Crippen LogP contribution is 2.27. The van der Waals surface area contributed by atoms with Gasteiger partial charge in [0.25, 0.3) is 0 Å². The Labute approximate surface area is 133 Å². The third-order valence-electron chi connectivity index (χ3n) is 3.19. The van der Waals surface area contributed by atoms with Gasteiger partial charge in [-0.05, 0) is 30.3 Å². The number of anilines is 1. The lowest BCUT2D eigenvalue weighted by Crippen LogP contribution is -2.35. The molecule has 2 heterocycles. The van der Waals surface area contributed by atoms with Crippen LogP contribution in [0.3, 0.4) is 0 Å². The molecule has 0 N–H and O–H groups in total. The van der Waals surface area contributed by atoms with Crippen LogP contribution >= 0.6 is 22.9 Å². The van der Waals surface area contributed by atoms with Gasteiger partial charge in [0.1, 0.15) is 0 Å². The average molecular weight is 322 g/mol. The van der Waals surface area contributed by atoms with Crippen LogP contribution in [0.2, 0.25) is 5.02 Å². The summed E-state index contributed by atoms with van der Waals surface area (Å²) in [4.78, 5) is 3.56. The number of ether oxygens (including phenoxy) is 1. The first-order valence-electron chi connectivity index (χ1n) is 6.86. The van der Waals surface area contributed by atoms with Crippen molar-refractivity contribution in [2.24, 2.45) is 10.2 Å². The Bertz CT molecular complexity index is 623. The molecule has 0 amide bonds. The lowest BCUT2D eigenvalue weighted by atomic mass is 10.3. The summed E-state index contributed by atoms with van der Waals surface area (Å²) < 4.78 is 5.37. The van der Waals surface area contributed by atoms with Crippen LogP contribution in [0.4, 0.5) is 10.7 Å². The van der Waals surface area contributed by atoms with Crippen molar-refractivity contribution in [2.45, 2.75) is 6.54 Å². The Hall–Kier alpha value is -1.43. The van der Waals surface area contributed by atoms with E-state index in [0.717, 1.165) is 32.0 Å². The van der Waals surface area contributed by atoms with Crippen LogP contribution in [0.25, 0.3) is 0 Å². The van der Waals surface area contributed by atoms with E-state index in [1.54, 1.807) is 17.4 Å². The van der Waals surface area contributed by atoms with Gasteiger partial charge >= 0.3 is 0 Å². The van der Waals surface area contributed by atoms with Crippen molar-refractivity contribution in [3.05, 3.63) is 46.3 Å². The molecule has 1 saturated heterocycles. The van der Waals surface area contributed by atoms with Crippen LogP contribution in [-0.2, 0) is 11.3 Å². The number of hydrogen-bond donors (Lipinski definition) is 0. The lowest BCUT2D eigenvalue weighted by Gasteiger charge is -2.27. The molecular weight excluding hydrogens is 306 g/mol. The maximum atomic E-state index is 5.91. The summed E-state index contributed by atoms with van der Waals surface area (Å²) in [6.45, 7) is 4.14. The van der Waals surface area contributed by atoms with Crippen molar-refractivity contribution in [1.29, 1.82) is 0 Å². The molecule has 1 aliphatic heterocycles. The molecule has 0 aliphatic carbocycles. The Kier molecular flexibility index (Phi) is 4.85. The Morgan fingerprint density at radius 3 is 2.86 bits per heavy atom. The van der Waals surface area contributed by atoms with Crippen molar-refractivity contribution in [1.82, 2.24) is 0 Å². The van der Waals surface area contributed by atoms with Crippen molar-refractivity contribution in [3.63, 3.8) is 0 Å². The van der Waals surface area contributed by atoms with E-state index in [2.05, 4.69) is 27.3 Å². The first-order valence-corrected chi connectivity index (χ1v) is 8.05. The zero-order valence-corrected chi connectivity index (χ0v) is 13.1. The fourth-order valence-electron chi connectivity index (χ4n) is 2.13. The van der Waals surface area contributed by atoms with Gasteiger partial charge in [0.05, 0.1) is 30.4 Å². The molecule has 0 saturated carbocycles. The van der Waals surface area contributed by atoms with E-state index in [9.17, 15) is 0 Å².